The fourth-order valence-electron chi connectivity index (χ4n) is 2.89. The Morgan fingerprint density at radius 1 is 1.03 bits per heavy atom. The van der Waals surface area contributed by atoms with Gasteiger partial charge in [0.2, 0.25) is 5.91 Å². The van der Waals surface area contributed by atoms with Crippen LogP contribution in [0.2, 0.25) is 0 Å². The van der Waals surface area contributed by atoms with Crippen LogP contribution in [0.3, 0.4) is 0 Å². The van der Waals surface area contributed by atoms with Gasteiger partial charge < -0.3 is 24.4 Å². The highest BCUT2D eigenvalue weighted by Gasteiger charge is 2.25. The highest BCUT2D eigenvalue weighted by Crippen LogP contribution is 2.31. The molecule has 1 amide bonds. The van der Waals surface area contributed by atoms with Gasteiger partial charge in [0.25, 0.3) is 0 Å². The van der Waals surface area contributed by atoms with Crippen LogP contribution >= 0.6 is 0 Å². The van der Waals surface area contributed by atoms with Crippen molar-refractivity contribution in [3.8, 4) is 5.75 Å². The van der Waals surface area contributed by atoms with Crippen LogP contribution in [0.25, 0.3) is 0 Å². The minimum absolute atomic E-state index is 0.0811. The Balaban J connectivity index is 1.81. The van der Waals surface area contributed by atoms with Crippen LogP contribution in [0.1, 0.15) is 20.7 Å². The maximum atomic E-state index is 12.6. The van der Waals surface area contributed by atoms with E-state index in [1.807, 2.05) is 0 Å². The number of hydrogen-bond donors (Lipinski definition) is 1. The third-order valence-corrected chi connectivity index (χ3v) is 4.14. The summed E-state index contributed by atoms with van der Waals surface area (Å²) in [5, 5.41) is 2.63. The van der Waals surface area contributed by atoms with Crippen LogP contribution in [0.4, 0.5) is 11.4 Å². The Kier molecular flexibility index (Phi) is 5.77. The predicted molar refractivity (Wildman–Crippen MR) is 102 cm³/mol. The highest BCUT2D eigenvalue weighted by atomic mass is 16.5. The Morgan fingerprint density at radius 3 is 2.28 bits per heavy atom. The number of carbonyl (C=O) groups is 4. The molecule has 9 nitrogen and oxygen atoms in total. The molecule has 0 unspecified atom stereocenters. The van der Waals surface area contributed by atoms with Crippen molar-refractivity contribution in [3.63, 3.8) is 0 Å². The monoisotopic (exact) mass is 398 g/mol. The molecule has 2 aromatic carbocycles. The van der Waals surface area contributed by atoms with Gasteiger partial charge in [-0.15, -0.1) is 0 Å². The minimum Gasteiger partial charge on any atom is -0.465 e. The predicted octanol–water partition coefficient (Wildman–Crippen LogP) is 1.62. The van der Waals surface area contributed by atoms with E-state index in [1.54, 1.807) is 29.2 Å². The number of amides is 1. The highest BCUT2D eigenvalue weighted by molar-refractivity contribution is 6.01. The van der Waals surface area contributed by atoms with E-state index in [4.69, 9.17) is 4.74 Å². The van der Waals surface area contributed by atoms with Gasteiger partial charge in [0.15, 0.2) is 5.75 Å². The smallest absolute Gasteiger partial charge is 0.337 e. The zero-order valence-corrected chi connectivity index (χ0v) is 15.8. The summed E-state index contributed by atoms with van der Waals surface area (Å²) in [5.41, 5.74) is 0.988. The average Bonchev–Trinajstić information content (AvgIpc) is 2.72. The van der Waals surface area contributed by atoms with E-state index >= 15 is 0 Å². The SMILES string of the molecule is COC(=O)c1cc(NC(=O)CN2CC(=O)Oc3ccccc32)cc(C(=O)OC)c1. The van der Waals surface area contributed by atoms with Gasteiger partial charge in [-0.3, -0.25) is 4.79 Å². The lowest BCUT2D eigenvalue weighted by Gasteiger charge is -2.29. The standard InChI is InChI=1S/C20H18N2O7/c1-27-19(25)12-7-13(20(26)28-2)9-14(8-12)21-17(23)10-22-11-18(24)29-16-6-4-3-5-15(16)22/h3-9H,10-11H2,1-2H3,(H,21,23). The number of benzene rings is 2. The maximum absolute atomic E-state index is 12.6. The van der Waals surface area contributed by atoms with Crippen LogP contribution in [-0.2, 0) is 19.1 Å². The molecule has 0 saturated heterocycles. The summed E-state index contributed by atoms with van der Waals surface area (Å²) in [6.07, 6.45) is 0. The molecule has 0 spiro atoms. The second-order valence-corrected chi connectivity index (χ2v) is 6.13. The van der Waals surface area contributed by atoms with E-state index in [1.165, 1.54) is 32.4 Å². The molecule has 0 aromatic heterocycles. The molecule has 0 fully saturated rings. The van der Waals surface area contributed by atoms with E-state index in [0.717, 1.165) is 0 Å². The van der Waals surface area contributed by atoms with E-state index in [0.29, 0.717) is 11.4 Å². The van der Waals surface area contributed by atoms with Crippen molar-refractivity contribution >= 4 is 35.2 Å². The largest absolute Gasteiger partial charge is 0.465 e. The zero-order valence-electron chi connectivity index (χ0n) is 15.8. The molecule has 0 aliphatic carbocycles. The van der Waals surface area contributed by atoms with Gasteiger partial charge in [-0.25, -0.2) is 14.4 Å². The zero-order chi connectivity index (χ0) is 21.0. The van der Waals surface area contributed by atoms with Crippen molar-refractivity contribution in [2.45, 2.75) is 0 Å². The van der Waals surface area contributed by atoms with Crippen LogP contribution in [0.5, 0.6) is 5.75 Å². The van der Waals surface area contributed by atoms with Crippen molar-refractivity contribution in [3.05, 3.63) is 53.6 Å². The molecule has 3 rings (SSSR count). The molecule has 1 aliphatic heterocycles. The number of methoxy groups -OCH3 is 2. The van der Waals surface area contributed by atoms with E-state index in [2.05, 4.69) is 14.8 Å². The van der Waals surface area contributed by atoms with Gasteiger partial charge in [-0.2, -0.15) is 0 Å². The topological polar surface area (TPSA) is 111 Å². The summed E-state index contributed by atoms with van der Waals surface area (Å²) < 4.78 is 14.5. The number of esters is 3. The molecular weight excluding hydrogens is 380 g/mol. The molecular formula is C20H18N2O7. The Hall–Kier alpha value is -3.88. The van der Waals surface area contributed by atoms with Gasteiger partial charge in [0, 0.05) is 5.69 Å². The molecule has 1 N–H and O–H groups in total. The number of para-hydroxylation sites is 2. The molecule has 1 aliphatic rings. The average molecular weight is 398 g/mol. The molecule has 29 heavy (non-hydrogen) atoms. The van der Waals surface area contributed by atoms with E-state index < -0.39 is 23.8 Å². The van der Waals surface area contributed by atoms with Gasteiger partial charge in [-0.05, 0) is 30.3 Å². The number of ether oxygens (including phenoxy) is 3. The van der Waals surface area contributed by atoms with Gasteiger partial charge in [0.05, 0.1) is 37.6 Å². The molecule has 0 atom stereocenters. The Labute approximate surface area is 166 Å². The van der Waals surface area contributed by atoms with Crippen molar-refractivity contribution in [2.24, 2.45) is 0 Å². The van der Waals surface area contributed by atoms with Gasteiger partial charge in [-0.1, -0.05) is 12.1 Å². The summed E-state index contributed by atoms with van der Waals surface area (Å²) in [6.45, 7) is -0.220. The van der Waals surface area contributed by atoms with Gasteiger partial charge in [0.1, 0.15) is 6.54 Å². The van der Waals surface area contributed by atoms with Crippen LogP contribution in [0.15, 0.2) is 42.5 Å². The molecule has 0 bridgehead atoms. The van der Waals surface area contributed by atoms with Crippen molar-refractivity contribution in [2.75, 3.05) is 37.5 Å². The second kappa shape index (κ2) is 8.42. The Morgan fingerprint density at radius 2 is 1.66 bits per heavy atom. The van der Waals surface area contributed by atoms with Crippen molar-refractivity contribution in [1.82, 2.24) is 0 Å². The summed E-state index contributed by atoms with van der Waals surface area (Å²) in [4.78, 5) is 49.6. The molecule has 1 heterocycles. The fourth-order valence-corrected chi connectivity index (χ4v) is 2.89. The summed E-state index contributed by atoms with van der Waals surface area (Å²) in [7, 11) is 2.41. The first kappa shape index (κ1) is 19.9. The third kappa shape index (κ3) is 4.52. The number of nitrogens with zero attached hydrogens (tertiary/aromatic N) is 1. The number of carbonyl (C=O) groups excluding carboxylic acids is 4. The quantitative estimate of drug-likeness (QED) is 0.598. The molecule has 9 heteroatoms. The van der Waals surface area contributed by atoms with Gasteiger partial charge >= 0.3 is 17.9 Å². The first-order valence-corrected chi connectivity index (χ1v) is 8.57. The lowest BCUT2D eigenvalue weighted by molar-refractivity contribution is -0.133. The molecule has 150 valence electrons. The minimum atomic E-state index is -0.668. The fraction of sp³-hybridized carbons (Fsp3) is 0.200. The lowest BCUT2D eigenvalue weighted by Crippen LogP contribution is -2.41. The summed E-state index contributed by atoms with van der Waals surface area (Å²) in [5.74, 6) is -1.89. The first-order valence-electron chi connectivity index (χ1n) is 8.57. The van der Waals surface area contributed by atoms with Crippen molar-refractivity contribution < 1.29 is 33.4 Å². The maximum Gasteiger partial charge on any atom is 0.337 e. The van der Waals surface area contributed by atoms with E-state index in [-0.39, 0.29) is 29.9 Å². The van der Waals surface area contributed by atoms with Crippen LogP contribution < -0.4 is 15.0 Å². The van der Waals surface area contributed by atoms with Crippen LogP contribution in [-0.4, -0.2) is 51.1 Å². The third-order valence-electron chi connectivity index (χ3n) is 4.14. The lowest BCUT2D eigenvalue weighted by atomic mass is 10.1. The normalized spacial score (nSPS) is 12.5. The number of nitrogens with one attached hydrogen (secondary N) is 1. The van der Waals surface area contributed by atoms with E-state index in [9.17, 15) is 19.2 Å². The summed E-state index contributed by atoms with van der Waals surface area (Å²) >= 11 is 0. The second-order valence-electron chi connectivity index (χ2n) is 6.13. The molecule has 0 saturated carbocycles. The summed E-state index contributed by atoms with van der Waals surface area (Å²) in [6, 6.07) is 10.9. The number of hydrogen-bond acceptors (Lipinski definition) is 8. The number of anilines is 2. The first-order chi connectivity index (χ1) is 13.9. The Bertz CT molecular complexity index is 952. The molecule has 2 aromatic rings. The van der Waals surface area contributed by atoms with Crippen molar-refractivity contribution in [1.29, 1.82) is 0 Å². The number of rotatable bonds is 5. The molecule has 0 radical (unpaired) electrons. The van der Waals surface area contributed by atoms with Crippen LogP contribution in [0, 0.1) is 0 Å². The number of fused-ring (bicyclic) bond motifs is 1.